The van der Waals surface area contributed by atoms with E-state index in [0.29, 0.717) is 30.6 Å². The average Bonchev–Trinajstić information content (AvgIpc) is 3.23. The van der Waals surface area contributed by atoms with E-state index in [9.17, 15) is 9.59 Å². The number of aromatic amines is 1. The summed E-state index contributed by atoms with van der Waals surface area (Å²) in [4.78, 5) is 31.6. The Morgan fingerprint density at radius 2 is 2.00 bits per heavy atom. The Kier molecular flexibility index (Phi) is 3.86. The number of benzene rings is 1. The first-order valence-corrected chi connectivity index (χ1v) is 8.75. The molecule has 1 amide bonds. The fourth-order valence-corrected chi connectivity index (χ4v) is 3.77. The minimum absolute atomic E-state index is 0.170. The van der Waals surface area contributed by atoms with Gasteiger partial charge in [-0.1, -0.05) is 12.1 Å². The number of rotatable bonds is 3. The Labute approximate surface area is 142 Å². The van der Waals surface area contributed by atoms with E-state index in [0.717, 1.165) is 23.7 Å². The number of fused-ring (bicyclic) bond motifs is 1. The fraction of sp³-hybridized carbons (Fsp3) is 0.294. The number of oxazole rings is 1. The number of thiophene rings is 1. The lowest BCUT2D eigenvalue weighted by Gasteiger charge is -2.36. The molecule has 3 heterocycles. The summed E-state index contributed by atoms with van der Waals surface area (Å²) < 4.78 is 5.26. The number of anilines is 1. The maximum Gasteiger partial charge on any atom is 0.417 e. The van der Waals surface area contributed by atoms with E-state index in [4.69, 9.17) is 4.42 Å². The van der Waals surface area contributed by atoms with Crippen LogP contribution in [0.1, 0.15) is 4.88 Å². The Bertz CT molecular complexity index is 905. The van der Waals surface area contributed by atoms with Crippen LogP contribution in [0.2, 0.25) is 0 Å². The first-order chi connectivity index (χ1) is 11.7. The molecule has 124 valence electrons. The van der Waals surface area contributed by atoms with Crippen molar-refractivity contribution in [3.8, 4) is 0 Å². The van der Waals surface area contributed by atoms with Crippen molar-refractivity contribution in [3.63, 3.8) is 0 Å². The quantitative estimate of drug-likeness (QED) is 0.790. The molecule has 0 saturated carbocycles. The standard InChI is InChI=1S/C17H17N3O3S/c21-15(11-12-3-2-10-24-12)20-8-6-19(7-9-20)14-5-1-4-13-16(14)23-17(22)18-13/h1-5,10H,6-9,11H2,(H,18,22). The molecule has 1 aromatic carbocycles. The lowest BCUT2D eigenvalue weighted by molar-refractivity contribution is -0.130. The topological polar surface area (TPSA) is 69.6 Å². The zero-order valence-corrected chi connectivity index (χ0v) is 13.8. The monoisotopic (exact) mass is 343 g/mol. The predicted octanol–water partition coefficient (Wildman–Crippen LogP) is 2.07. The summed E-state index contributed by atoms with van der Waals surface area (Å²) in [7, 11) is 0. The number of aromatic nitrogens is 1. The molecule has 2 aromatic heterocycles. The van der Waals surface area contributed by atoms with Gasteiger partial charge in [0.15, 0.2) is 5.58 Å². The highest BCUT2D eigenvalue weighted by molar-refractivity contribution is 7.10. The van der Waals surface area contributed by atoms with Crippen molar-refractivity contribution in [3.05, 3.63) is 51.1 Å². The summed E-state index contributed by atoms with van der Waals surface area (Å²) in [5, 5.41) is 1.99. The van der Waals surface area contributed by atoms with Gasteiger partial charge in [0.05, 0.1) is 17.6 Å². The second-order valence-electron chi connectivity index (χ2n) is 5.79. The molecule has 3 aromatic rings. The number of nitrogens with one attached hydrogen (secondary N) is 1. The van der Waals surface area contributed by atoms with Crippen molar-refractivity contribution in [2.45, 2.75) is 6.42 Å². The number of hydrogen-bond donors (Lipinski definition) is 1. The number of carbonyl (C=O) groups excluding carboxylic acids is 1. The highest BCUT2D eigenvalue weighted by Crippen LogP contribution is 2.26. The minimum atomic E-state index is -0.442. The SMILES string of the molecule is O=C(Cc1cccs1)N1CCN(c2cccc3[nH]c(=O)oc23)CC1. The van der Waals surface area contributed by atoms with E-state index in [1.807, 2.05) is 40.6 Å². The highest BCUT2D eigenvalue weighted by atomic mass is 32.1. The summed E-state index contributed by atoms with van der Waals surface area (Å²) in [5.74, 6) is -0.273. The third kappa shape index (κ3) is 2.82. The van der Waals surface area contributed by atoms with E-state index in [2.05, 4.69) is 9.88 Å². The lowest BCUT2D eigenvalue weighted by Crippen LogP contribution is -2.49. The first-order valence-electron chi connectivity index (χ1n) is 7.87. The summed E-state index contributed by atoms with van der Waals surface area (Å²) in [6.45, 7) is 2.80. The molecule has 1 aliphatic heterocycles. The molecular formula is C17H17N3O3S. The van der Waals surface area contributed by atoms with Gasteiger partial charge in [0.2, 0.25) is 5.91 Å². The molecule has 4 rings (SSSR count). The van der Waals surface area contributed by atoms with Crippen molar-refractivity contribution < 1.29 is 9.21 Å². The average molecular weight is 343 g/mol. The molecule has 1 fully saturated rings. The van der Waals surface area contributed by atoms with Gasteiger partial charge in [0.25, 0.3) is 0 Å². The molecule has 1 saturated heterocycles. The molecule has 7 heteroatoms. The zero-order chi connectivity index (χ0) is 16.5. The van der Waals surface area contributed by atoms with E-state index in [1.54, 1.807) is 11.3 Å². The molecule has 6 nitrogen and oxygen atoms in total. The van der Waals surface area contributed by atoms with Crippen LogP contribution in [0.25, 0.3) is 11.1 Å². The van der Waals surface area contributed by atoms with Gasteiger partial charge in [-0.15, -0.1) is 11.3 Å². The van der Waals surface area contributed by atoms with Crippen molar-refractivity contribution in [1.29, 1.82) is 0 Å². The number of carbonyl (C=O) groups is 1. The minimum Gasteiger partial charge on any atom is -0.406 e. The zero-order valence-electron chi connectivity index (χ0n) is 13.0. The van der Waals surface area contributed by atoms with Gasteiger partial charge in [0, 0.05) is 31.1 Å². The summed E-state index contributed by atoms with van der Waals surface area (Å²) >= 11 is 1.61. The molecule has 0 radical (unpaired) electrons. The molecule has 0 unspecified atom stereocenters. The first kappa shape index (κ1) is 15.0. The van der Waals surface area contributed by atoms with Crippen LogP contribution in [0, 0.1) is 0 Å². The molecule has 24 heavy (non-hydrogen) atoms. The number of hydrogen-bond acceptors (Lipinski definition) is 5. The number of H-pyrrole nitrogens is 1. The van der Waals surface area contributed by atoms with Gasteiger partial charge < -0.3 is 14.2 Å². The second-order valence-corrected chi connectivity index (χ2v) is 6.82. The second kappa shape index (κ2) is 6.16. The van der Waals surface area contributed by atoms with Crippen LogP contribution in [-0.2, 0) is 11.2 Å². The maximum absolute atomic E-state index is 12.4. The van der Waals surface area contributed by atoms with Crippen LogP contribution in [-0.4, -0.2) is 42.0 Å². The largest absolute Gasteiger partial charge is 0.417 e. The van der Waals surface area contributed by atoms with Crippen LogP contribution in [0.3, 0.4) is 0 Å². The lowest BCUT2D eigenvalue weighted by atomic mass is 10.2. The third-order valence-corrected chi connectivity index (χ3v) is 5.18. The number of amides is 1. The molecule has 1 N–H and O–H groups in total. The Morgan fingerprint density at radius 3 is 2.75 bits per heavy atom. The van der Waals surface area contributed by atoms with Crippen LogP contribution in [0.4, 0.5) is 5.69 Å². The van der Waals surface area contributed by atoms with Crippen molar-refractivity contribution in [1.82, 2.24) is 9.88 Å². The highest BCUT2D eigenvalue weighted by Gasteiger charge is 2.23. The number of para-hydroxylation sites is 1. The maximum atomic E-state index is 12.4. The third-order valence-electron chi connectivity index (χ3n) is 4.30. The van der Waals surface area contributed by atoms with Gasteiger partial charge in [-0.3, -0.25) is 9.78 Å². The Morgan fingerprint density at radius 1 is 1.17 bits per heavy atom. The molecule has 0 spiro atoms. The van der Waals surface area contributed by atoms with E-state index in [-0.39, 0.29) is 5.91 Å². The van der Waals surface area contributed by atoms with Gasteiger partial charge in [-0.05, 0) is 23.6 Å². The van der Waals surface area contributed by atoms with E-state index >= 15 is 0 Å². The van der Waals surface area contributed by atoms with Crippen LogP contribution >= 0.6 is 11.3 Å². The fourth-order valence-electron chi connectivity index (χ4n) is 3.08. The van der Waals surface area contributed by atoms with Crippen LogP contribution in [0.15, 0.2) is 44.9 Å². The smallest absolute Gasteiger partial charge is 0.406 e. The summed E-state index contributed by atoms with van der Waals surface area (Å²) in [5.41, 5.74) is 2.19. The van der Waals surface area contributed by atoms with Crippen LogP contribution in [0.5, 0.6) is 0 Å². The Hall–Kier alpha value is -2.54. The normalized spacial score (nSPS) is 15.2. The van der Waals surface area contributed by atoms with Crippen molar-refractivity contribution in [2.75, 3.05) is 31.1 Å². The summed E-state index contributed by atoms with van der Waals surface area (Å²) in [6, 6.07) is 9.63. The molecular weight excluding hydrogens is 326 g/mol. The van der Waals surface area contributed by atoms with Crippen molar-refractivity contribution >= 4 is 34.0 Å². The number of nitrogens with zero attached hydrogens (tertiary/aromatic N) is 2. The Balaban J connectivity index is 1.45. The summed E-state index contributed by atoms with van der Waals surface area (Å²) in [6.07, 6.45) is 0.472. The molecule has 0 atom stereocenters. The van der Waals surface area contributed by atoms with Gasteiger partial charge >= 0.3 is 5.76 Å². The predicted molar refractivity (Wildman–Crippen MR) is 93.7 cm³/mol. The van der Waals surface area contributed by atoms with Gasteiger partial charge in [-0.25, -0.2) is 4.79 Å². The van der Waals surface area contributed by atoms with Crippen molar-refractivity contribution in [2.24, 2.45) is 0 Å². The van der Waals surface area contributed by atoms with Crippen LogP contribution < -0.4 is 10.7 Å². The molecule has 0 aliphatic carbocycles. The van der Waals surface area contributed by atoms with E-state index in [1.165, 1.54) is 0 Å². The molecule has 1 aliphatic rings. The van der Waals surface area contributed by atoms with Gasteiger partial charge in [-0.2, -0.15) is 0 Å². The van der Waals surface area contributed by atoms with E-state index < -0.39 is 5.76 Å². The molecule has 0 bridgehead atoms. The number of piperazine rings is 1. The van der Waals surface area contributed by atoms with Gasteiger partial charge in [0.1, 0.15) is 0 Å².